The molecule has 0 saturated carbocycles. The van der Waals surface area contributed by atoms with E-state index in [4.69, 9.17) is 0 Å². The summed E-state index contributed by atoms with van der Waals surface area (Å²) in [5, 5.41) is 9.30. The third kappa shape index (κ3) is 6.74. The first kappa shape index (κ1) is 8.74. The highest BCUT2D eigenvalue weighted by atomic mass is 79.9. The molecule has 0 bridgehead atoms. The van der Waals surface area contributed by atoms with E-state index in [1.54, 1.807) is 0 Å². The van der Waals surface area contributed by atoms with E-state index in [9.17, 15) is 13.9 Å². The largest absolute Gasteiger partial charge is 0.514 e. The standard InChI is InChI=1S/C2HBr2F2O2/c3-1(4)8-2(5,6)7/h1H. The second kappa shape index (κ2) is 3.05. The predicted molar refractivity (Wildman–Crippen MR) is 28.4 cm³/mol. The molecule has 0 rings (SSSR count). The van der Waals surface area contributed by atoms with Gasteiger partial charge >= 0.3 is 6.29 Å². The molecule has 0 amide bonds. The van der Waals surface area contributed by atoms with Gasteiger partial charge in [0, 0.05) is 0 Å². The van der Waals surface area contributed by atoms with Crippen molar-refractivity contribution in [2.75, 3.05) is 0 Å². The Hall–Kier alpha value is 0.740. The second-order valence-corrected chi connectivity index (χ2v) is 3.73. The van der Waals surface area contributed by atoms with Crippen LogP contribution in [0.3, 0.4) is 0 Å². The summed E-state index contributed by atoms with van der Waals surface area (Å²) in [7, 11) is 0. The van der Waals surface area contributed by atoms with E-state index in [0.717, 1.165) is 0 Å². The van der Waals surface area contributed by atoms with Crippen LogP contribution in [-0.4, -0.2) is 10.2 Å². The van der Waals surface area contributed by atoms with E-state index in [1.165, 1.54) is 0 Å². The molecule has 0 atom stereocenters. The Kier molecular flexibility index (Phi) is 3.33. The van der Waals surface area contributed by atoms with Crippen molar-refractivity contribution in [3.63, 3.8) is 0 Å². The maximum atomic E-state index is 11.1. The van der Waals surface area contributed by atoms with Crippen LogP contribution in [0.25, 0.3) is 0 Å². The third-order valence-electron chi connectivity index (χ3n) is 0.226. The fourth-order valence-corrected chi connectivity index (χ4v) is 0.539. The zero-order chi connectivity index (χ0) is 6.78. The van der Waals surface area contributed by atoms with Gasteiger partial charge in [0.25, 0.3) is 0 Å². The monoisotopic (exact) mass is 253 g/mol. The van der Waals surface area contributed by atoms with Crippen LogP contribution in [0, 0.1) is 0 Å². The molecule has 0 heterocycles. The van der Waals surface area contributed by atoms with Crippen molar-refractivity contribution in [3.8, 4) is 0 Å². The minimum atomic E-state index is -4.32. The van der Waals surface area contributed by atoms with Gasteiger partial charge in [-0.3, -0.25) is 4.74 Å². The highest BCUT2D eigenvalue weighted by molar-refractivity contribution is 9.24. The Labute approximate surface area is 61.1 Å². The van der Waals surface area contributed by atoms with E-state index < -0.39 is 10.2 Å². The summed E-state index contributed by atoms with van der Waals surface area (Å²) >= 11 is 5.05. The van der Waals surface area contributed by atoms with Crippen LogP contribution in [0.4, 0.5) is 8.78 Å². The number of hydrogen-bond acceptors (Lipinski definition) is 1. The lowest BCUT2D eigenvalue weighted by Gasteiger charge is -2.06. The van der Waals surface area contributed by atoms with Crippen molar-refractivity contribution >= 4 is 31.9 Å². The molecule has 0 aromatic rings. The Balaban J connectivity index is 3.39. The maximum Gasteiger partial charge on any atom is 0.514 e. The SMILES string of the molecule is [O]C(F)(F)OC(Br)Br. The van der Waals surface area contributed by atoms with E-state index in [-0.39, 0.29) is 0 Å². The van der Waals surface area contributed by atoms with Gasteiger partial charge < -0.3 is 0 Å². The summed E-state index contributed by atoms with van der Waals surface area (Å²) in [6.07, 6.45) is -4.32. The molecule has 6 heteroatoms. The molecular formula is C2HBr2F2O2. The van der Waals surface area contributed by atoms with E-state index in [2.05, 4.69) is 36.6 Å². The fraction of sp³-hybridized carbons (Fsp3) is 1.00. The average molecular weight is 255 g/mol. The minimum Gasteiger partial charge on any atom is -0.268 e. The molecule has 0 spiro atoms. The predicted octanol–water partition coefficient (Wildman–Crippen LogP) is 2.06. The molecule has 0 saturated heterocycles. The van der Waals surface area contributed by atoms with Gasteiger partial charge in [0.2, 0.25) is 0 Å². The Bertz CT molecular complexity index is 70.9. The molecular weight excluding hydrogens is 254 g/mol. The van der Waals surface area contributed by atoms with Gasteiger partial charge in [-0.1, -0.05) is 0 Å². The van der Waals surface area contributed by atoms with Crippen molar-refractivity contribution in [2.45, 2.75) is 10.2 Å². The van der Waals surface area contributed by atoms with E-state index in [1.807, 2.05) is 0 Å². The lowest BCUT2D eigenvalue weighted by molar-refractivity contribution is -0.396. The smallest absolute Gasteiger partial charge is 0.268 e. The van der Waals surface area contributed by atoms with Gasteiger partial charge in [0.05, 0.1) is 0 Å². The molecule has 49 valence electrons. The number of alkyl halides is 4. The third-order valence-corrected chi connectivity index (χ3v) is 0.600. The first-order chi connectivity index (χ1) is 3.42. The van der Waals surface area contributed by atoms with Gasteiger partial charge in [-0.15, -0.1) is 13.9 Å². The van der Waals surface area contributed by atoms with E-state index >= 15 is 0 Å². The normalized spacial score (nSPS) is 12.8. The molecule has 0 N–H and O–H groups in total. The summed E-state index contributed by atoms with van der Waals surface area (Å²) in [5.41, 5.74) is 0. The lowest BCUT2D eigenvalue weighted by Crippen LogP contribution is -2.19. The molecule has 2 nitrogen and oxygen atoms in total. The summed E-state index contributed by atoms with van der Waals surface area (Å²) in [5.74, 6) is 0. The van der Waals surface area contributed by atoms with Crippen LogP contribution in [0.2, 0.25) is 0 Å². The molecule has 0 unspecified atom stereocenters. The Morgan fingerprint density at radius 1 is 1.50 bits per heavy atom. The van der Waals surface area contributed by atoms with Crippen LogP contribution < -0.4 is 0 Å². The van der Waals surface area contributed by atoms with Gasteiger partial charge in [0.15, 0.2) is 3.92 Å². The highest BCUT2D eigenvalue weighted by Crippen LogP contribution is 2.20. The topological polar surface area (TPSA) is 29.1 Å². The molecule has 0 aromatic carbocycles. The average Bonchev–Trinajstić information content (AvgIpc) is 1.21. The molecule has 0 aromatic heterocycles. The van der Waals surface area contributed by atoms with Crippen molar-refractivity contribution in [3.05, 3.63) is 0 Å². The number of ether oxygens (including phenoxy) is 1. The molecule has 0 fully saturated rings. The zero-order valence-electron chi connectivity index (χ0n) is 3.41. The van der Waals surface area contributed by atoms with Crippen molar-refractivity contribution in [1.82, 2.24) is 0 Å². The van der Waals surface area contributed by atoms with Crippen molar-refractivity contribution in [2.24, 2.45) is 0 Å². The fourth-order valence-electron chi connectivity index (χ4n) is 0.104. The van der Waals surface area contributed by atoms with Crippen molar-refractivity contribution < 1.29 is 18.6 Å². The first-order valence-electron chi connectivity index (χ1n) is 1.46. The van der Waals surface area contributed by atoms with Crippen LogP contribution in [0.15, 0.2) is 0 Å². The first-order valence-corrected chi connectivity index (χ1v) is 3.29. The number of hydrogen-bond donors (Lipinski definition) is 0. The summed E-state index contributed by atoms with van der Waals surface area (Å²) in [4.78, 5) is 0. The molecule has 0 aliphatic rings. The second-order valence-electron chi connectivity index (χ2n) is 0.842. The molecule has 8 heavy (non-hydrogen) atoms. The Morgan fingerprint density at radius 3 is 1.88 bits per heavy atom. The van der Waals surface area contributed by atoms with Crippen LogP contribution >= 0.6 is 31.9 Å². The summed E-state index contributed by atoms with van der Waals surface area (Å²) in [6.45, 7) is 0. The van der Waals surface area contributed by atoms with Crippen LogP contribution in [0.5, 0.6) is 0 Å². The lowest BCUT2D eigenvalue weighted by atomic mass is 11.2. The van der Waals surface area contributed by atoms with Gasteiger partial charge in [-0.25, -0.2) is 0 Å². The Morgan fingerprint density at radius 2 is 1.88 bits per heavy atom. The van der Waals surface area contributed by atoms with Gasteiger partial charge in [-0.05, 0) is 31.9 Å². The number of halogens is 4. The van der Waals surface area contributed by atoms with Gasteiger partial charge in [0.1, 0.15) is 0 Å². The van der Waals surface area contributed by atoms with Crippen LogP contribution in [-0.2, 0) is 9.84 Å². The quantitative estimate of drug-likeness (QED) is 0.548. The van der Waals surface area contributed by atoms with E-state index in [0.29, 0.717) is 0 Å². The number of rotatable bonds is 2. The van der Waals surface area contributed by atoms with Gasteiger partial charge in [-0.2, -0.15) is 0 Å². The zero-order valence-corrected chi connectivity index (χ0v) is 6.58. The molecule has 0 aliphatic carbocycles. The molecule has 0 aliphatic heterocycles. The highest BCUT2D eigenvalue weighted by Gasteiger charge is 2.31. The van der Waals surface area contributed by atoms with Crippen LogP contribution in [0.1, 0.15) is 0 Å². The molecule has 1 radical (unpaired) electrons. The summed E-state index contributed by atoms with van der Waals surface area (Å²) in [6, 6.07) is 0. The maximum absolute atomic E-state index is 11.1. The van der Waals surface area contributed by atoms with Crippen molar-refractivity contribution in [1.29, 1.82) is 0 Å². The summed E-state index contributed by atoms with van der Waals surface area (Å²) < 4.78 is 24.6. The minimum absolute atomic E-state index is 1.09.